The Bertz CT molecular complexity index is 475. The maximum atomic E-state index is 12.8. The van der Waals surface area contributed by atoms with E-state index in [-0.39, 0.29) is 0 Å². The molecule has 0 unspecified atom stereocenters. The zero-order valence-corrected chi connectivity index (χ0v) is 10.5. The monoisotopic (exact) mass is 265 g/mol. The second-order valence-electron chi connectivity index (χ2n) is 3.80. The van der Waals surface area contributed by atoms with Gasteiger partial charge in [-0.3, -0.25) is 0 Å². The van der Waals surface area contributed by atoms with Crippen molar-refractivity contribution in [2.45, 2.75) is 6.54 Å². The molecule has 3 nitrogen and oxygen atoms in total. The Morgan fingerprint density at radius 2 is 1.78 bits per heavy atom. The normalized spacial score (nSPS) is 10.3. The number of alkyl halides is 1. The fraction of sp³-hybridized carbons (Fsp3) is 0.231. The molecular weight excluding hydrogens is 253 g/mol. The number of hydrogen-bond acceptors (Lipinski definition) is 3. The van der Waals surface area contributed by atoms with Crippen molar-refractivity contribution in [2.24, 2.45) is 0 Å². The van der Waals surface area contributed by atoms with Crippen LogP contribution >= 0.6 is 11.6 Å². The SMILES string of the molecule is Fc1cnc(N(CCCl)Cc2ccccc2)nc1. The van der Waals surface area contributed by atoms with Gasteiger partial charge in [0.2, 0.25) is 5.95 Å². The minimum atomic E-state index is -0.440. The smallest absolute Gasteiger partial charge is 0.225 e. The molecule has 5 heteroatoms. The van der Waals surface area contributed by atoms with Gasteiger partial charge in [-0.2, -0.15) is 0 Å². The Balaban J connectivity index is 2.15. The largest absolute Gasteiger partial charge is 0.335 e. The van der Waals surface area contributed by atoms with E-state index in [1.165, 1.54) is 0 Å². The van der Waals surface area contributed by atoms with Gasteiger partial charge in [0.05, 0.1) is 12.4 Å². The van der Waals surface area contributed by atoms with E-state index in [9.17, 15) is 4.39 Å². The standard InChI is InChI=1S/C13H13ClFN3/c14-6-7-18(10-11-4-2-1-3-5-11)13-16-8-12(15)9-17-13/h1-5,8-9H,6-7,10H2. The van der Waals surface area contributed by atoms with Crippen molar-refractivity contribution >= 4 is 17.5 Å². The molecule has 0 amide bonds. The average molecular weight is 266 g/mol. The van der Waals surface area contributed by atoms with E-state index >= 15 is 0 Å². The lowest BCUT2D eigenvalue weighted by Gasteiger charge is -2.21. The highest BCUT2D eigenvalue weighted by Gasteiger charge is 2.09. The molecule has 0 bridgehead atoms. The number of rotatable bonds is 5. The van der Waals surface area contributed by atoms with Crippen LogP contribution in [0.5, 0.6) is 0 Å². The summed E-state index contributed by atoms with van der Waals surface area (Å²) in [5, 5.41) is 0. The van der Waals surface area contributed by atoms with Crippen LogP contribution in [-0.4, -0.2) is 22.4 Å². The van der Waals surface area contributed by atoms with Gasteiger partial charge in [-0.1, -0.05) is 30.3 Å². The average Bonchev–Trinajstić information content (AvgIpc) is 2.40. The lowest BCUT2D eigenvalue weighted by atomic mass is 10.2. The van der Waals surface area contributed by atoms with Crippen LogP contribution in [0, 0.1) is 5.82 Å². The summed E-state index contributed by atoms with van der Waals surface area (Å²) in [5.74, 6) is 0.512. The van der Waals surface area contributed by atoms with E-state index in [2.05, 4.69) is 9.97 Å². The van der Waals surface area contributed by atoms with Crippen molar-refractivity contribution in [1.29, 1.82) is 0 Å². The molecule has 0 aliphatic carbocycles. The van der Waals surface area contributed by atoms with Crippen molar-refractivity contribution in [3.63, 3.8) is 0 Å². The zero-order chi connectivity index (χ0) is 12.8. The molecule has 1 aromatic heterocycles. The number of nitrogens with zero attached hydrogens (tertiary/aromatic N) is 3. The first-order valence-electron chi connectivity index (χ1n) is 5.62. The molecule has 0 atom stereocenters. The molecule has 0 fully saturated rings. The van der Waals surface area contributed by atoms with E-state index < -0.39 is 5.82 Å². The third-order valence-corrected chi connectivity index (χ3v) is 2.63. The van der Waals surface area contributed by atoms with Gasteiger partial charge in [0.15, 0.2) is 5.82 Å². The summed E-state index contributed by atoms with van der Waals surface area (Å²) in [6, 6.07) is 9.94. The van der Waals surface area contributed by atoms with Crippen LogP contribution in [0.25, 0.3) is 0 Å². The number of benzene rings is 1. The van der Waals surface area contributed by atoms with Crippen LogP contribution in [0.2, 0.25) is 0 Å². The van der Waals surface area contributed by atoms with E-state index in [0.29, 0.717) is 24.9 Å². The second-order valence-corrected chi connectivity index (χ2v) is 4.18. The van der Waals surface area contributed by atoms with Gasteiger partial charge in [-0.25, -0.2) is 14.4 Å². The number of halogens is 2. The summed E-state index contributed by atoms with van der Waals surface area (Å²) in [7, 11) is 0. The summed E-state index contributed by atoms with van der Waals surface area (Å²) < 4.78 is 12.8. The van der Waals surface area contributed by atoms with Gasteiger partial charge in [0.25, 0.3) is 0 Å². The Morgan fingerprint density at radius 1 is 1.11 bits per heavy atom. The maximum Gasteiger partial charge on any atom is 0.225 e. The van der Waals surface area contributed by atoms with Gasteiger partial charge in [-0.05, 0) is 5.56 Å². The van der Waals surface area contributed by atoms with Crippen LogP contribution in [0.3, 0.4) is 0 Å². The molecule has 0 N–H and O–H groups in total. The van der Waals surface area contributed by atoms with Crippen molar-refractivity contribution in [3.8, 4) is 0 Å². The quantitative estimate of drug-likeness (QED) is 0.779. The van der Waals surface area contributed by atoms with Crippen LogP contribution in [0.1, 0.15) is 5.56 Å². The van der Waals surface area contributed by atoms with E-state index in [4.69, 9.17) is 11.6 Å². The van der Waals surface area contributed by atoms with Crippen molar-refractivity contribution in [1.82, 2.24) is 9.97 Å². The molecule has 1 heterocycles. The first-order valence-corrected chi connectivity index (χ1v) is 6.15. The predicted octanol–water partition coefficient (Wildman–Crippen LogP) is 2.86. The second kappa shape index (κ2) is 6.31. The summed E-state index contributed by atoms with van der Waals surface area (Å²) in [5.41, 5.74) is 1.13. The molecule has 1 aromatic carbocycles. The molecule has 0 saturated carbocycles. The summed E-state index contributed by atoms with van der Waals surface area (Å²) in [4.78, 5) is 9.87. The molecule has 0 spiro atoms. The van der Waals surface area contributed by atoms with E-state index in [1.54, 1.807) is 0 Å². The van der Waals surface area contributed by atoms with Gasteiger partial charge in [0.1, 0.15) is 0 Å². The lowest BCUT2D eigenvalue weighted by molar-refractivity contribution is 0.611. The first kappa shape index (κ1) is 12.8. The minimum absolute atomic E-state index is 0.440. The highest BCUT2D eigenvalue weighted by molar-refractivity contribution is 6.18. The molecule has 0 radical (unpaired) electrons. The number of hydrogen-bond donors (Lipinski definition) is 0. The highest BCUT2D eigenvalue weighted by atomic mass is 35.5. The van der Waals surface area contributed by atoms with Crippen LogP contribution in [0.15, 0.2) is 42.7 Å². The fourth-order valence-corrected chi connectivity index (χ4v) is 1.83. The van der Waals surface area contributed by atoms with Crippen LogP contribution in [-0.2, 0) is 6.54 Å². The van der Waals surface area contributed by atoms with Crippen molar-refractivity contribution < 1.29 is 4.39 Å². The molecule has 0 aliphatic heterocycles. The Kier molecular flexibility index (Phi) is 4.47. The molecule has 94 valence electrons. The zero-order valence-electron chi connectivity index (χ0n) is 9.76. The molecule has 2 rings (SSSR count). The van der Waals surface area contributed by atoms with Gasteiger partial charge in [-0.15, -0.1) is 11.6 Å². The fourth-order valence-electron chi connectivity index (χ4n) is 1.62. The summed E-state index contributed by atoms with van der Waals surface area (Å²) >= 11 is 5.77. The molecular formula is C13H13ClFN3. The first-order chi connectivity index (χ1) is 8.79. The Hall–Kier alpha value is -1.68. The summed E-state index contributed by atoms with van der Waals surface area (Å²) in [6.07, 6.45) is 2.32. The van der Waals surface area contributed by atoms with Gasteiger partial charge < -0.3 is 4.90 Å². The number of aromatic nitrogens is 2. The number of anilines is 1. The third kappa shape index (κ3) is 3.40. The van der Waals surface area contributed by atoms with E-state index in [1.807, 2.05) is 35.2 Å². The maximum absolute atomic E-state index is 12.8. The third-order valence-electron chi connectivity index (χ3n) is 2.46. The Morgan fingerprint density at radius 3 is 2.39 bits per heavy atom. The Labute approximate surface area is 110 Å². The molecule has 2 aromatic rings. The lowest BCUT2D eigenvalue weighted by Crippen LogP contribution is -2.26. The van der Waals surface area contributed by atoms with Gasteiger partial charge >= 0.3 is 0 Å². The van der Waals surface area contributed by atoms with Crippen LogP contribution < -0.4 is 4.90 Å². The molecule has 0 saturated heterocycles. The van der Waals surface area contributed by atoms with Crippen molar-refractivity contribution in [3.05, 3.63) is 54.1 Å². The molecule has 0 aliphatic rings. The topological polar surface area (TPSA) is 29.0 Å². The van der Waals surface area contributed by atoms with Crippen LogP contribution in [0.4, 0.5) is 10.3 Å². The van der Waals surface area contributed by atoms with Crippen molar-refractivity contribution in [2.75, 3.05) is 17.3 Å². The summed E-state index contributed by atoms with van der Waals surface area (Å²) in [6.45, 7) is 1.27. The van der Waals surface area contributed by atoms with E-state index in [0.717, 1.165) is 18.0 Å². The minimum Gasteiger partial charge on any atom is -0.335 e. The highest BCUT2D eigenvalue weighted by Crippen LogP contribution is 2.12. The predicted molar refractivity (Wildman–Crippen MR) is 70.2 cm³/mol. The van der Waals surface area contributed by atoms with Gasteiger partial charge in [0, 0.05) is 19.0 Å². The molecule has 18 heavy (non-hydrogen) atoms.